The van der Waals surface area contributed by atoms with Gasteiger partial charge < -0.3 is 15.8 Å². The zero-order valence-electron chi connectivity index (χ0n) is 11.2. The zero-order valence-corrected chi connectivity index (χ0v) is 11.2. The molecule has 3 N–H and O–H groups in total. The Balaban J connectivity index is 2.74. The zero-order chi connectivity index (χ0) is 13.8. The van der Waals surface area contributed by atoms with Crippen LogP contribution < -0.4 is 11.1 Å². The van der Waals surface area contributed by atoms with Gasteiger partial charge in [0.2, 0.25) is 0 Å². The third-order valence-electron chi connectivity index (χ3n) is 2.18. The van der Waals surface area contributed by atoms with Crippen LogP contribution in [0.5, 0.6) is 0 Å². The van der Waals surface area contributed by atoms with Crippen molar-refractivity contribution in [1.29, 1.82) is 0 Å². The Hall–Kier alpha value is -1.69. The number of amides is 1. The molecule has 1 atom stereocenters. The average Bonchev–Trinajstić information content (AvgIpc) is 2.24. The number of nitrogens with two attached hydrogens (primary N) is 1. The van der Waals surface area contributed by atoms with Crippen LogP contribution in [-0.4, -0.2) is 28.2 Å². The maximum absolute atomic E-state index is 11.7. The summed E-state index contributed by atoms with van der Waals surface area (Å²) in [4.78, 5) is 20.0. The highest BCUT2D eigenvalue weighted by molar-refractivity contribution is 5.68. The van der Waals surface area contributed by atoms with E-state index >= 15 is 0 Å². The molecule has 0 fully saturated rings. The summed E-state index contributed by atoms with van der Waals surface area (Å²) >= 11 is 0. The van der Waals surface area contributed by atoms with E-state index in [4.69, 9.17) is 10.5 Å². The van der Waals surface area contributed by atoms with Gasteiger partial charge >= 0.3 is 6.09 Å². The summed E-state index contributed by atoms with van der Waals surface area (Å²) in [7, 11) is 0. The second-order valence-electron chi connectivity index (χ2n) is 4.96. The highest BCUT2D eigenvalue weighted by Crippen LogP contribution is 2.13. The molecule has 0 spiro atoms. The van der Waals surface area contributed by atoms with Crippen LogP contribution in [0.1, 0.15) is 38.2 Å². The third kappa shape index (κ3) is 4.29. The fourth-order valence-electron chi connectivity index (χ4n) is 1.45. The van der Waals surface area contributed by atoms with Crippen molar-refractivity contribution in [3.05, 3.63) is 23.8 Å². The van der Waals surface area contributed by atoms with E-state index < -0.39 is 17.7 Å². The molecule has 0 saturated heterocycles. The Morgan fingerprint density at radius 3 is 2.56 bits per heavy atom. The lowest BCUT2D eigenvalue weighted by Gasteiger charge is -2.23. The minimum absolute atomic E-state index is 0.235. The van der Waals surface area contributed by atoms with E-state index in [1.54, 1.807) is 33.2 Å². The van der Waals surface area contributed by atoms with Gasteiger partial charge in [-0.3, -0.25) is 9.97 Å². The number of carbonyl (C=O) groups excluding carboxylic acids is 1. The standard InChI is InChI=1S/C12H20N4O2/c1-8-10(15-6-5-14-8)9(7-13)16-11(17)18-12(2,3)4/h5-6,9H,7,13H2,1-4H3,(H,16,17). The van der Waals surface area contributed by atoms with Gasteiger partial charge in [-0.15, -0.1) is 0 Å². The van der Waals surface area contributed by atoms with Gasteiger partial charge in [-0.25, -0.2) is 4.79 Å². The van der Waals surface area contributed by atoms with Crippen molar-refractivity contribution in [2.45, 2.75) is 39.3 Å². The molecule has 1 aromatic heterocycles. The van der Waals surface area contributed by atoms with E-state index in [9.17, 15) is 4.79 Å². The normalized spacial score (nSPS) is 12.9. The third-order valence-corrected chi connectivity index (χ3v) is 2.18. The fourth-order valence-corrected chi connectivity index (χ4v) is 1.45. The average molecular weight is 252 g/mol. The fraction of sp³-hybridized carbons (Fsp3) is 0.583. The largest absolute Gasteiger partial charge is 0.444 e. The predicted molar refractivity (Wildman–Crippen MR) is 67.9 cm³/mol. The maximum Gasteiger partial charge on any atom is 0.408 e. The molecule has 0 aliphatic rings. The summed E-state index contributed by atoms with van der Waals surface area (Å²) < 4.78 is 5.18. The monoisotopic (exact) mass is 252 g/mol. The SMILES string of the molecule is Cc1nccnc1C(CN)NC(=O)OC(C)(C)C. The predicted octanol–water partition coefficient (Wildman–Crippen LogP) is 1.31. The molecule has 0 bridgehead atoms. The minimum Gasteiger partial charge on any atom is -0.444 e. The van der Waals surface area contributed by atoms with Crippen molar-refractivity contribution in [2.75, 3.05) is 6.54 Å². The summed E-state index contributed by atoms with van der Waals surface area (Å²) in [5.74, 6) is 0. The second kappa shape index (κ2) is 5.77. The Kier molecular flexibility index (Phi) is 4.61. The van der Waals surface area contributed by atoms with Crippen molar-refractivity contribution in [2.24, 2.45) is 5.73 Å². The molecule has 0 radical (unpaired) electrons. The molecule has 6 nitrogen and oxygen atoms in total. The summed E-state index contributed by atoms with van der Waals surface area (Å²) in [6.45, 7) is 7.47. The van der Waals surface area contributed by atoms with Gasteiger partial charge in [0, 0.05) is 18.9 Å². The van der Waals surface area contributed by atoms with Crippen LogP contribution in [0.15, 0.2) is 12.4 Å². The molecule has 1 amide bonds. The molecule has 1 rings (SSSR count). The lowest BCUT2D eigenvalue weighted by molar-refractivity contribution is 0.0504. The van der Waals surface area contributed by atoms with Gasteiger partial charge in [-0.1, -0.05) is 0 Å². The number of hydrogen-bond donors (Lipinski definition) is 2. The summed E-state index contributed by atoms with van der Waals surface area (Å²) in [5.41, 5.74) is 6.50. The van der Waals surface area contributed by atoms with Crippen LogP contribution in [0.2, 0.25) is 0 Å². The van der Waals surface area contributed by atoms with Crippen LogP contribution in [0, 0.1) is 6.92 Å². The quantitative estimate of drug-likeness (QED) is 0.846. The number of hydrogen-bond acceptors (Lipinski definition) is 5. The Bertz CT molecular complexity index is 415. The van der Waals surface area contributed by atoms with Gasteiger partial charge in [0.1, 0.15) is 5.60 Å². The number of aromatic nitrogens is 2. The van der Waals surface area contributed by atoms with Crippen LogP contribution in [0.4, 0.5) is 4.79 Å². The number of alkyl carbamates (subject to hydrolysis) is 1. The first-order valence-corrected chi connectivity index (χ1v) is 5.80. The summed E-state index contributed by atoms with van der Waals surface area (Å²) in [6.07, 6.45) is 2.66. The van der Waals surface area contributed by atoms with Crippen molar-refractivity contribution >= 4 is 6.09 Å². The van der Waals surface area contributed by atoms with E-state index in [1.165, 1.54) is 0 Å². The molecule has 0 aliphatic carbocycles. The van der Waals surface area contributed by atoms with Crippen LogP contribution in [0.25, 0.3) is 0 Å². The van der Waals surface area contributed by atoms with Crippen molar-refractivity contribution in [3.63, 3.8) is 0 Å². The summed E-state index contributed by atoms with van der Waals surface area (Å²) in [5, 5.41) is 2.69. The number of nitrogens with zero attached hydrogens (tertiary/aromatic N) is 2. The molecular formula is C12H20N4O2. The minimum atomic E-state index is -0.541. The van der Waals surface area contributed by atoms with E-state index in [0.717, 1.165) is 5.69 Å². The number of carbonyl (C=O) groups is 1. The topological polar surface area (TPSA) is 90.1 Å². The Morgan fingerprint density at radius 1 is 1.44 bits per heavy atom. The van der Waals surface area contributed by atoms with Crippen molar-refractivity contribution < 1.29 is 9.53 Å². The maximum atomic E-state index is 11.7. The smallest absolute Gasteiger partial charge is 0.408 e. The van der Waals surface area contributed by atoms with Gasteiger partial charge in [-0.2, -0.15) is 0 Å². The van der Waals surface area contributed by atoms with E-state index in [0.29, 0.717) is 5.69 Å². The highest BCUT2D eigenvalue weighted by Gasteiger charge is 2.21. The molecule has 100 valence electrons. The molecular weight excluding hydrogens is 232 g/mol. The van der Waals surface area contributed by atoms with E-state index in [2.05, 4.69) is 15.3 Å². The van der Waals surface area contributed by atoms with Crippen LogP contribution in [-0.2, 0) is 4.74 Å². The molecule has 6 heteroatoms. The molecule has 0 aliphatic heterocycles. The number of nitrogens with one attached hydrogen (secondary N) is 1. The number of aryl methyl sites for hydroxylation is 1. The lowest BCUT2D eigenvalue weighted by Crippen LogP contribution is -2.38. The summed E-state index contributed by atoms with van der Waals surface area (Å²) in [6, 6.07) is -0.395. The Morgan fingerprint density at radius 2 is 2.06 bits per heavy atom. The van der Waals surface area contributed by atoms with E-state index in [-0.39, 0.29) is 6.54 Å². The van der Waals surface area contributed by atoms with Crippen molar-refractivity contribution in [3.8, 4) is 0 Å². The lowest BCUT2D eigenvalue weighted by atomic mass is 10.1. The van der Waals surface area contributed by atoms with Gasteiger partial charge in [0.15, 0.2) is 0 Å². The van der Waals surface area contributed by atoms with E-state index in [1.807, 2.05) is 6.92 Å². The first-order valence-electron chi connectivity index (χ1n) is 5.80. The molecule has 1 aromatic rings. The highest BCUT2D eigenvalue weighted by atomic mass is 16.6. The van der Waals surface area contributed by atoms with Crippen LogP contribution in [0.3, 0.4) is 0 Å². The number of rotatable bonds is 3. The molecule has 1 heterocycles. The van der Waals surface area contributed by atoms with Crippen LogP contribution >= 0.6 is 0 Å². The van der Waals surface area contributed by atoms with Gasteiger partial charge in [-0.05, 0) is 27.7 Å². The molecule has 0 saturated carbocycles. The number of ether oxygens (including phenoxy) is 1. The molecule has 0 aromatic carbocycles. The first-order chi connectivity index (χ1) is 8.33. The molecule has 1 unspecified atom stereocenters. The first kappa shape index (κ1) is 14.4. The second-order valence-corrected chi connectivity index (χ2v) is 4.96. The molecule has 18 heavy (non-hydrogen) atoms. The Labute approximate surface area is 107 Å². The van der Waals surface area contributed by atoms with Gasteiger partial charge in [0.05, 0.1) is 17.4 Å². The van der Waals surface area contributed by atoms with Crippen molar-refractivity contribution in [1.82, 2.24) is 15.3 Å². The van der Waals surface area contributed by atoms with Gasteiger partial charge in [0.25, 0.3) is 0 Å².